The topological polar surface area (TPSA) is 47.6 Å². The highest BCUT2D eigenvalue weighted by Crippen LogP contribution is 2.35. The van der Waals surface area contributed by atoms with E-state index in [1.807, 2.05) is 18.2 Å². The molecule has 2 aromatic carbocycles. The first kappa shape index (κ1) is 14.5. The molecule has 0 saturated carbocycles. The van der Waals surface area contributed by atoms with Gasteiger partial charge in [0, 0.05) is 22.2 Å². The van der Waals surface area contributed by atoms with E-state index in [1.165, 1.54) is 0 Å². The van der Waals surface area contributed by atoms with Gasteiger partial charge in [0.1, 0.15) is 11.5 Å². The maximum absolute atomic E-state index is 12.2. The third-order valence-electron chi connectivity index (χ3n) is 3.45. The van der Waals surface area contributed by atoms with E-state index in [2.05, 4.69) is 5.32 Å². The smallest absolute Gasteiger partial charge is 0.256 e. The lowest BCUT2D eigenvalue weighted by Gasteiger charge is -2.06. The van der Waals surface area contributed by atoms with E-state index in [9.17, 15) is 4.79 Å². The van der Waals surface area contributed by atoms with Gasteiger partial charge in [0.2, 0.25) is 0 Å². The summed E-state index contributed by atoms with van der Waals surface area (Å²) in [5.74, 6) is 1.18. The van der Waals surface area contributed by atoms with E-state index >= 15 is 0 Å². The van der Waals surface area contributed by atoms with E-state index in [1.54, 1.807) is 38.5 Å². The molecule has 0 fully saturated rings. The van der Waals surface area contributed by atoms with Gasteiger partial charge in [0.25, 0.3) is 5.91 Å². The summed E-state index contributed by atoms with van der Waals surface area (Å²) in [4.78, 5) is 12.2. The van der Waals surface area contributed by atoms with Crippen LogP contribution in [-0.4, -0.2) is 20.1 Å². The molecule has 22 heavy (non-hydrogen) atoms. The number of carbonyl (C=O) groups is 1. The number of benzene rings is 2. The quantitative estimate of drug-likeness (QED) is 0.875. The van der Waals surface area contributed by atoms with Crippen molar-refractivity contribution in [3.05, 3.63) is 52.5 Å². The first-order valence-corrected chi connectivity index (χ1v) is 7.04. The minimum Gasteiger partial charge on any atom is -0.497 e. The Hall–Kier alpha value is -2.46. The van der Waals surface area contributed by atoms with Gasteiger partial charge in [0.15, 0.2) is 0 Å². The van der Waals surface area contributed by atoms with Crippen LogP contribution in [0, 0.1) is 0 Å². The third-order valence-corrected chi connectivity index (χ3v) is 3.68. The van der Waals surface area contributed by atoms with Crippen molar-refractivity contribution in [1.82, 2.24) is 0 Å². The fraction of sp³-hybridized carbons (Fsp3) is 0.118. The molecule has 3 rings (SSSR count). The van der Waals surface area contributed by atoms with Gasteiger partial charge in [-0.2, -0.15) is 0 Å². The fourth-order valence-corrected chi connectivity index (χ4v) is 2.56. The van der Waals surface area contributed by atoms with Crippen molar-refractivity contribution in [1.29, 1.82) is 0 Å². The molecule has 5 heteroatoms. The predicted octanol–water partition coefficient (Wildman–Crippen LogP) is 3.85. The zero-order valence-corrected chi connectivity index (χ0v) is 12.9. The number of hydrogen-bond donors (Lipinski definition) is 1. The Bertz CT molecular complexity index is 761. The first-order valence-electron chi connectivity index (χ1n) is 6.67. The lowest BCUT2D eigenvalue weighted by Crippen LogP contribution is -2.03. The summed E-state index contributed by atoms with van der Waals surface area (Å²) >= 11 is 5.95. The standard InChI is InChI=1S/C17H14ClNO3/c1-21-12-5-10(6-13(9-12)22-2)7-15-14-4-3-11(18)8-16(14)19-17(15)20/h3-9H,1-2H3,(H,19,20)/b15-7+. The number of halogens is 1. The van der Waals surface area contributed by atoms with Crippen molar-refractivity contribution < 1.29 is 14.3 Å². The number of carbonyl (C=O) groups excluding carboxylic acids is 1. The van der Waals surface area contributed by atoms with Gasteiger partial charge in [-0.1, -0.05) is 17.7 Å². The van der Waals surface area contributed by atoms with E-state index in [0.29, 0.717) is 22.1 Å². The van der Waals surface area contributed by atoms with E-state index in [0.717, 1.165) is 16.8 Å². The Morgan fingerprint density at radius 2 is 1.73 bits per heavy atom. The SMILES string of the molecule is COc1cc(/C=C2/C(=O)Nc3cc(Cl)ccc32)cc(OC)c1. The number of ether oxygens (including phenoxy) is 2. The minimum absolute atomic E-state index is 0.154. The van der Waals surface area contributed by atoms with Crippen molar-refractivity contribution in [3.8, 4) is 11.5 Å². The van der Waals surface area contributed by atoms with Gasteiger partial charge in [0.05, 0.1) is 19.9 Å². The Balaban J connectivity index is 2.08. The molecular weight excluding hydrogens is 302 g/mol. The Morgan fingerprint density at radius 1 is 1.05 bits per heavy atom. The van der Waals surface area contributed by atoms with Crippen LogP contribution in [0.15, 0.2) is 36.4 Å². The van der Waals surface area contributed by atoms with Gasteiger partial charge < -0.3 is 14.8 Å². The fourth-order valence-electron chi connectivity index (χ4n) is 2.39. The molecule has 0 spiro atoms. The summed E-state index contributed by atoms with van der Waals surface area (Å²) in [5, 5.41) is 3.40. The second-order valence-electron chi connectivity index (χ2n) is 4.85. The number of nitrogens with one attached hydrogen (secondary N) is 1. The zero-order valence-electron chi connectivity index (χ0n) is 12.1. The van der Waals surface area contributed by atoms with Crippen LogP contribution in [0.25, 0.3) is 11.6 Å². The highest BCUT2D eigenvalue weighted by molar-refractivity contribution is 6.36. The average molecular weight is 316 g/mol. The van der Waals surface area contributed by atoms with Crippen LogP contribution in [0.3, 0.4) is 0 Å². The number of methoxy groups -OCH3 is 2. The Kier molecular flexibility index (Phi) is 3.77. The molecule has 0 unspecified atom stereocenters. The summed E-state index contributed by atoms with van der Waals surface area (Å²) < 4.78 is 10.5. The van der Waals surface area contributed by atoms with Crippen molar-refractivity contribution in [3.63, 3.8) is 0 Å². The van der Waals surface area contributed by atoms with Crippen molar-refractivity contribution in [2.75, 3.05) is 19.5 Å². The summed E-state index contributed by atoms with van der Waals surface area (Å²) in [7, 11) is 3.18. The molecule has 0 atom stereocenters. The van der Waals surface area contributed by atoms with Gasteiger partial charge in [-0.05, 0) is 35.9 Å². The lowest BCUT2D eigenvalue weighted by atomic mass is 10.0. The Labute approximate surface area is 133 Å². The molecule has 1 N–H and O–H groups in total. The molecule has 1 aliphatic heterocycles. The Morgan fingerprint density at radius 3 is 2.36 bits per heavy atom. The van der Waals surface area contributed by atoms with Gasteiger partial charge in [-0.15, -0.1) is 0 Å². The second kappa shape index (κ2) is 5.73. The summed E-state index contributed by atoms with van der Waals surface area (Å²) in [5.41, 5.74) is 2.96. The number of rotatable bonds is 3. The molecule has 2 aromatic rings. The molecule has 0 aliphatic carbocycles. The van der Waals surface area contributed by atoms with Crippen LogP contribution >= 0.6 is 11.6 Å². The van der Waals surface area contributed by atoms with Crippen molar-refractivity contribution >= 4 is 34.8 Å². The van der Waals surface area contributed by atoms with Crippen LogP contribution in [0.1, 0.15) is 11.1 Å². The lowest BCUT2D eigenvalue weighted by molar-refractivity contribution is -0.110. The largest absolute Gasteiger partial charge is 0.497 e. The number of amides is 1. The average Bonchev–Trinajstić information content (AvgIpc) is 2.81. The zero-order chi connectivity index (χ0) is 15.7. The van der Waals surface area contributed by atoms with Crippen LogP contribution in [0.2, 0.25) is 5.02 Å². The summed E-state index contributed by atoms with van der Waals surface area (Å²) in [6.45, 7) is 0. The third kappa shape index (κ3) is 2.65. The molecule has 1 heterocycles. The molecular formula is C17H14ClNO3. The maximum Gasteiger partial charge on any atom is 0.256 e. The number of anilines is 1. The molecule has 1 amide bonds. The normalized spacial score (nSPS) is 14.7. The molecule has 0 bridgehead atoms. The molecule has 112 valence electrons. The van der Waals surface area contributed by atoms with E-state index < -0.39 is 0 Å². The molecule has 0 aromatic heterocycles. The first-order chi connectivity index (χ1) is 10.6. The summed E-state index contributed by atoms with van der Waals surface area (Å²) in [6, 6.07) is 10.8. The molecule has 0 saturated heterocycles. The maximum atomic E-state index is 12.2. The highest BCUT2D eigenvalue weighted by Gasteiger charge is 2.24. The predicted molar refractivity (Wildman–Crippen MR) is 87.5 cm³/mol. The molecule has 4 nitrogen and oxygen atoms in total. The number of hydrogen-bond acceptors (Lipinski definition) is 3. The van der Waals surface area contributed by atoms with Crippen LogP contribution in [0.5, 0.6) is 11.5 Å². The summed E-state index contributed by atoms with van der Waals surface area (Å²) in [6.07, 6.45) is 1.81. The van der Waals surface area contributed by atoms with E-state index in [-0.39, 0.29) is 5.91 Å². The van der Waals surface area contributed by atoms with Gasteiger partial charge >= 0.3 is 0 Å². The van der Waals surface area contributed by atoms with Crippen molar-refractivity contribution in [2.24, 2.45) is 0 Å². The minimum atomic E-state index is -0.154. The van der Waals surface area contributed by atoms with E-state index in [4.69, 9.17) is 21.1 Å². The van der Waals surface area contributed by atoms with Gasteiger partial charge in [-0.3, -0.25) is 4.79 Å². The molecule has 1 aliphatic rings. The van der Waals surface area contributed by atoms with Crippen molar-refractivity contribution in [2.45, 2.75) is 0 Å². The van der Waals surface area contributed by atoms with Crippen LogP contribution in [0.4, 0.5) is 5.69 Å². The number of fused-ring (bicyclic) bond motifs is 1. The monoisotopic (exact) mass is 315 g/mol. The molecule has 0 radical (unpaired) electrons. The van der Waals surface area contributed by atoms with Crippen LogP contribution in [-0.2, 0) is 4.79 Å². The van der Waals surface area contributed by atoms with Crippen LogP contribution < -0.4 is 14.8 Å². The van der Waals surface area contributed by atoms with Gasteiger partial charge in [-0.25, -0.2) is 0 Å². The second-order valence-corrected chi connectivity index (χ2v) is 5.28. The highest BCUT2D eigenvalue weighted by atomic mass is 35.5.